The number of hydrogen-bond acceptors (Lipinski definition) is 8. The number of nitrogen functional groups attached to an aromatic ring is 1. The summed E-state index contributed by atoms with van der Waals surface area (Å²) in [6.07, 6.45) is 2.81. The fourth-order valence-electron chi connectivity index (χ4n) is 4.84. The van der Waals surface area contributed by atoms with Crippen molar-refractivity contribution in [2.45, 2.75) is 6.92 Å². The maximum absolute atomic E-state index is 15.2. The fraction of sp³-hybridized carbons (Fsp3) is 0.241. The Bertz CT molecular complexity index is 1680. The van der Waals surface area contributed by atoms with Gasteiger partial charge in [-0.25, -0.2) is 9.37 Å². The molecule has 5 rings (SSSR count). The number of ether oxygens (including phenoxy) is 1. The van der Waals surface area contributed by atoms with Gasteiger partial charge in [0.1, 0.15) is 12.3 Å². The largest absolute Gasteiger partial charge is 0.489 e. The van der Waals surface area contributed by atoms with Crippen molar-refractivity contribution in [3.8, 4) is 11.4 Å². The van der Waals surface area contributed by atoms with Gasteiger partial charge in [0.15, 0.2) is 17.2 Å². The molecule has 11 heteroatoms. The van der Waals surface area contributed by atoms with Crippen LogP contribution in [-0.2, 0) is 4.79 Å². The molecule has 10 nitrogen and oxygen atoms in total. The lowest BCUT2D eigenvalue weighted by Gasteiger charge is -2.38. The van der Waals surface area contributed by atoms with E-state index in [2.05, 4.69) is 16.5 Å². The van der Waals surface area contributed by atoms with Crippen LogP contribution in [0.5, 0.6) is 5.75 Å². The van der Waals surface area contributed by atoms with Crippen LogP contribution in [0.15, 0.2) is 66.1 Å². The number of anilines is 4. The SMILES string of the molecule is C=CC(=O)N1CCN(c2cc3cnc(N)nc3n(-c3ccc(OCCN(C)C)c(F)c3)c2=O)c2cccc(C)c21. The first-order valence-corrected chi connectivity index (χ1v) is 12.8. The van der Waals surface area contributed by atoms with E-state index in [-0.39, 0.29) is 28.9 Å². The quantitative estimate of drug-likeness (QED) is 0.353. The third-order valence-corrected chi connectivity index (χ3v) is 6.77. The monoisotopic (exact) mass is 543 g/mol. The number of aromatic nitrogens is 3. The zero-order chi connectivity index (χ0) is 28.6. The van der Waals surface area contributed by atoms with Crippen molar-refractivity contribution in [1.29, 1.82) is 0 Å². The number of benzene rings is 2. The summed E-state index contributed by atoms with van der Waals surface area (Å²) in [5.41, 5.74) is 8.55. The summed E-state index contributed by atoms with van der Waals surface area (Å²) in [6, 6.07) is 11.7. The molecule has 0 bridgehead atoms. The van der Waals surface area contributed by atoms with E-state index in [1.165, 1.54) is 29.0 Å². The van der Waals surface area contributed by atoms with Gasteiger partial charge in [-0.3, -0.25) is 14.2 Å². The van der Waals surface area contributed by atoms with E-state index in [0.717, 1.165) is 5.56 Å². The highest BCUT2D eigenvalue weighted by molar-refractivity contribution is 6.05. The molecule has 206 valence electrons. The van der Waals surface area contributed by atoms with Crippen molar-refractivity contribution >= 4 is 40.0 Å². The molecule has 2 aromatic carbocycles. The predicted molar refractivity (Wildman–Crippen MR) is 154 cm³/mol. The Balaban J connectivity index is 1.67. The summed E-state index contributed by atoms with van der Waals surface area (Å²) in [4.78, 5) is 40.7. The van der Waals surface area contributed by atoms with Gasteiger partial charge in [0, 0.05) is 37.3 Å². The Morgan fingerprint density at radius 1 is 1.20 bits per heavy atom. The molecular weight excluding hydrogens is 513 g/mol. The normalized spacial score (nSPS) is 13.0. The highest BCUT2D eigenvalue weighted by Gasteiger charge is 2.30. The van der Waals surface area contributed by atoms with Crippen LogP contribution in [0, 0.1) is 12.7 Å². The molecule has 1 aliphatic rings. The van der Waals surface area contributed by atoms with E-state index >= 15 is 4.39 Å². The molecule has 0 atom stereocenters. The summed E-state index contributed by atoms with van der Waals surface area (Å²) in [5, 5.41) is 0.536. The molecule has 0 saturated carbocycles. The molecule has 1 amide bonds. The van der Waals surface area contributed by atoms with Gasteiger partial charge in [-0.1, -0.05) is 18.7 Å². The second-order valence-corrected chi connectivity index (χ2v) is 9.73. The Kier molecular flexibility index (Phi) is 7.22. The van der Waals surface area contributed by atoms with Gasteiger partial charge in [0.25, 0.3) is 11.5 Å². The number of likely N-dealkylation sites (N-methyl/N-ethyl adjacent to an activating group) is 1. The van der Waals surface area contributed by atoms with E-state index in [0.29, 0.717) is 48.7 Å². The van der Waals surface area contributed by atoms with Gasteiger partial charge in [-0.05, 0) is 56.9 Å². The van der Waals surface area contributed by atoms with Crippen molar-refractivity contribution in [3.63, 3.8) is 0 Å². The second kappa shape index (κ2) is 10.8. The molecule has 0 saturated heterocycles. The molecule has 0 aliphatic carbocycles. The van der Waals surface area contributed by atoms with E-state index in [9.17, 15) is 9.59 Å². The van der Waals surface area contributed by atoms with Crippen molar-refractivity contribution in [3.05, 3.63) is 83.1 Å². The minimum absolute atomic E-state index is 0.0185. The molecule has 0 radical (unpaired) electrons. The number of nitrogens with zero attached hydrogens (tertiary/aromatic N) is 6. The minimum atomic E-state index is -0.610. The third-order valence-electron chi connectivity index (χ3n) is 6.77. The molecule has 0 unspecified atom stereocenters. The number of rotatable bonds is 7. The zero-order valence-electron chi connectivity index (χ0n) is 22.6. The topological polar surface area (TPSA) is 110 Å². The molecule has 3 heterocycles. The highest BCUT2D eigenvalue weighted by Crippen LogP contribution is 2.39. The molecule has 0 spiro atoms. The lowest BCUT2D eigenvalue weighted by atomic mass is 10.1. The number of pyridine rings is 1. The molecule has 2 N–H and O–H groups in total. The molecular formula is C29H30FN7O3. The molecule has 0 fully saturated rings. The van der Waals surface area contributed by atoms with Gasteiger partial charge in [-0.15, -0.1) is 0 Å². The average molecular weight is 544 g/mol. The third kappa shape index (κ3) is 4.87. The number of carbonyl (C=O) groups is 1. The van der Waals surface area contributed by atoms with Crippen molar-refractivity contribution < 1.29 is 13.9 Å². The number of nitrogens with two attached hydrogens (primary N) is 1. The Hall–Kier alpha value is -4.77. The first-order valence-electron chi connectivity index (χ1n) is 12.8. The van der Waals surface area contributed by atoms with Crippen LogP contribution in [0.25, 0.3) is 16.7 Å². The number of fused-ring (bicyclic) bond motifs is 2. The summed E-state index contributed by atoms with van der Waals surface area (Å²) in [7, 11) is 3.80. The van der Waals surface area contributed by atoms with Gasteiger partial charge in [0.05, 0.1) is 17.1 Å². The first kappa shape index (κ1) is 26.8. The van der Waals surface area contributed by atoms with E-state index < -0.39 is 11.4 Å². The van der Waals surface area contributed by atoms with Gasteiger partial charge >= 0.3 is 0 Å². The van der Waals surface area contributed by atoms with Crippen LogP contribution in [0.1, 0.15) is 5.56 Å². The average Bonchev–Trinajstić information content (AvgIpc) is 2.93. The zero-order valence-corrected chi connectivity index (χ0v) is 22.6. The summed E-state index contributed by atoms with van der Waals surface area (Å²) < 4.78 is 22.1. The maximum Gasteiger partial charge on any atom is 0.280 e. The highest BCUT2D eigenvalue weighted by atomic mass is 19.1. The number of halogens is 1. The van der Waals surface area contributed by atoms with Crippen LogP contribution >= 0.6 is 0 Å². The standard InChI is InChI=1S/C29H30FN7O3/c1-5-25(38)36-12-11-35(22-8-6-7-18(2)26(22)36)23-15-19-17-32-29(31)33-27(19)37(28(23)39)20-9-10-24(21(30)16-20)40-14-13-34(3)4/h5-10,15-17H,1,11-14H2,2-4H3,(H2,31,32,33). The Labute approximate surface area is 230 Å². The Morgan fingerprint density at radius 2 is 2.00 bits per heavy atom. The van der Waals surface area contributed by atoms with Crippen LogP contribution < -0.4 is 25.8 Å². The molecule has 40 heavy (non-hydrogen) atoms. The second-order valence-electron chi connectivity index (χ2n) is 9.73. The number of hydrogen-bond donors (Lipinski definition) is 1. The number of carbonyl (C=O) groups excluding carboxylic acids is 1. The van der Waals surface area contributed by atoms with Crippen LogP contribution in [-0.4, -0.2) is 65.7 Å². The summed E-state index contributed by atoms with van der Waals surface area (Å²) in [6.45, 7) is 7.16. The van der Waals surface area contributed by atoms with Gasteiger partial charge in [-0.2, -0.15) is 4.98 Å². The van der Waals surface area contributed by atoms with E-state index in [4.69, 9.17) is 10.5 Å². The fourth-order valence-corrected chi connectivity index (χ4v) is 4.84. The molecule has 1 aliphatic heterocycles. The van der Waals surface area contributed by atoms with E-state index in [1.807, 2.05) is 49.0 Å². The van der Waals surface area contributed by atoms with Crippen LogP contribution in [0.4, 0.5) is 27.4 Å². The summed E-state index contributed by atoms with van der Waals surface area (Å²) >= 11 is 0. The molecule has 2 aromatic heterocycles. The van der Waals surface area contributed by atoms with Crippen LogP contribution in [0.3, 0.4) is 0 Å². The smallest absolute Gasteiger partial charge is 0.280 e. The van der Waals surface area contributed by atoms with Gasteiger partial charge in [0.2, 0.25) is 5.95 Å². The maximum atomic E-state index is 15.2. The lowest BCUT2D eigenvalue weighted by Crippen LogP contribution is -2.43. The lowest BCUT2D eigenvalue weighted by molar-refractivity contribution is -0.114. The van der Waals surface area contributed by atoms with Gasteiger partial charge < -0.3 is 25.2 Å². The Morgan fingerprint density at radius 3 is 2.73 bits per heavy atom. The summed E-state index contributed by atoms with van der Waals surface area (Å²) in [5.74, 6) is -0.768. The minimum Gasteiger partial charge on any atom is -0.489 e. The van der Waals surface area contributed by atoms with E-state index in [1.54, 1.807) is 17.0 Å². The van der Waals surface area contributed by atoms with Crippen LogP contribution in [0.2, 0.25) is 0 Å². The predicted octanol–water partition coefficient (Wildman–Crippen LogP) is 3.42. The number of para-hydroxylation sites is 1. The van der Waals surface area contributed by atoms with Crippen molar-refractivity contribution in [2.24, 2.45) is 0 Å². The molecule has 4 aromatic rings. The number of amides is 1. The first-order chi connectivity index (χ1) is 19.2. The number of aryl methyl sites for hydroxylation is 1. The van der Waals surface area contributed by atoms with Crippen molar-refractivity contribution in [2.75, 3.05) is 55.9 Å². The van der Waals surface area contributed by atoms with Crippen molar-refractivity contribution in [1.82, 2.24) is 19.4 Å².